The summed E-state index contributed by atoms with van der Waals surface area (Å²) in [5.41, 5.74) is 0.446. The first-order valence-electron chi connectivity index (χ1n) is 6.13. The van der Waals surface area contributed by atoms with Gasteiger partial charge in [0.15, 0.2) is 0 Å². The van der Waals surface area contributed by atoms with Crippen LogP contribution in [0.25, 0.3) is 0 Å². The maximum Gasteiger partial charge on any atom is 0.411 e. The normalized spacial score (nSPS) is 11.2. The van der Waals surface area contributed by atoms with Crippen molar-refractivity contribution < 1.29 is 27.8 Å². The second-order valence-electron chi connectivity index (χ2n) is 4.05. The van der Waals surface area contributed by atoms with Crippen molar-refractivity contribution in [2.75, 3.05) is 38.2 Å². The number of carbonyl (C=O) groups is 1. The molecule has 0 aliphatic rings. The molecule has 2 amide bonds. The van der Waals surface area contributed by atoms with Gasteiger partial charge in [0, 0.05) is 19.3 Å². The molecule has 1 heterocycles. The van der Waals surface area contributed by atoms with E-state index < -0.39 is 18.8 Å². The summed E-state index contributed by atoms with van der Waals surface area (Å²) in [6.45, 7) is -2.03. The molecule has 0 saturated heterocycles. The van der Waals surface area contributed by atoms with Gasteiger partial charge in [-0.05, 0) is 12.1 Å². The maximum absolute atomic E-state index is 11.9. The fraction of sp³-hybridized carbons (Fsp3) is 0.500. The Morgan fingerprint density at radius 1 is 1.43 bits per heavy atom. The van der Waals surface area contributed by atoms with Crippen LogP contribution < -0.4 is 5.32 Å². The molecule has 1 aromatic heterocycles. The van der Waals surface area contributed by atoms with Crippen molar-refractivity contribution >= 4 is 11.7 Å². The predicted molar refractivity (Wildman–Crippen MR) is 68.8 cm³/mol. The lowest BCUT2D eigenvalue weighted by Gasteiger charge is -2.22. The highest BCUT2D eigenvalue weighted by Gasteiger charge is 2.27. The summed E-state index contributed by atoms with van der Waals surface area (Å²) >= 11 is 0. The third-order valence-corrected chi connectivity index (χ3v) is 2.34. The average molecular weight is 307 g/mol. The zero-order valence-electron chi connectivity index (χ0n) is 11.1. The molecule has 0 aliphatic carbocycles. The Morgan fingerprint density at radius 3 is 2.76 bits per heavy atom. The van der Waals surface area contributed by atoms with Crippen molar-refractivity contribution in [2.45, 2.75) is 6.18 Å². The molecular weight excluding hydrogens is 291 g/mol. The fourth-order valence-electron chi connectivity index (χ4n) is 1.44. The quantitative estimate of drug-likeness (QED) is 0.748. The molecule has 0 fully saturated rings. The standard InChI is InChI=1S/C12H16F3N3O3/c13-12(14,15)9-21-7-5-18(4-6-19)11(20)17-10-2-1-3-16-8-10/h1-3,8,19H,4-7,9H2,(H,17,20). The number of amides is 2. The summed E-state index contributed by atoms with van der Waals surface area (Å²) < 4.78 is 40.2. The number of anilines is 1. The van der Waals surface area contributed by atoms with Crippen LogP contribution in [-0.4, -0.2) is 60.1 Å². The van der Waals surface area contributed by atoms with Crippen LogP contribution in [0.2, 0.25) is 0 Å². The second kappa shape index (κ2) is 8.42. The highest BCUT2D eigenvalue weighted by molar-refractivity contribution is 5.89. The highest BCUT2D eigenvalue weighted by Crippen LogP contribution is 2.14. The van der Waals surface area contributed by atoms with Gasteiger partial charge in [-0.2, -0.15) is 13.2 Å². The Morgan fingerprint density at radius 2 is 2.19 bits per heavy atom. The Balaban J connectivity index is 2.42. The molecule has 0 unspecified atom stereocenters. The topological polar surface area (TPSA) is 74.7 Å². The Hall–Kier alpha value is -1.87. The first-order valence-corrected chi connectivity index (χ1v) is 6.13. The number of halogens is 3. The van der Waals surface area contributed by atoms with Crippen LogP contribution in [0.3, 0.4) is 0 Å². The van der Waals surface area contributed by atoms with Crippen LogP contribution >= 0.6 is 0 Å². The second-order valence-corrected chi connectivity index (χ2v) is 4.05. The maximum atomic E-state index is 11.9. The van der Waals surface area contributed by atoms with E-state index in [1.165, 1.54) is 12.4 Å². The Labute approximate surface area is 119 Å². The monoisotopic (exact) mass is 307 g/mol. The summed E-state index contributed by atoms with van der Waals surface area (Å²) in [5.74, 6) is 0. The lowest BCUT2D eigenvalue weighted by molar-refractivity contribution is -0.174. The number of hydrogen-bond acceptors (Lipinski definition) is 4. The summed E-state index contributed by atoms with van der Waals surface area (Å²) in [7, 11) is 0. The van der Waals surface area contributed by atoms with Crippen molar-refractivity contribution in [2.24, 2.45) is 0 Å². The van der Waals surface area contributed by atoms with Gasteiger partial charge in [0.2, 0.25) is 0 Å². The van der Waals surface area contributed by atoms with E-state index in [2.05, 4.69) is 15.0 Å². The van der Waals surface area contributed by atoms with Gasteiger partial charge in [-0.15, -0.1) is 0 Å². The molecule has 9 heteroatoms. The molecule has 21 heavy (non-hydrogen) atoms. The van der Waals surface area contributed by atoms with Crippen LogP contribution in [0, 0.1) is 0 Å². The number of nitrogens with zero attached hydrogens (tertiary/aromatic N) is 2. The molecule has 1 rings (SSSR count). The number of aromatic nitrogens is 1. The molecule has 0 aromatic carbocycles. The van der Waals surface area contributed by atoms with Crippen molar-refractivity contribution in [3.8, 4) is 0 Å². The minimum atomic E-state index is -4.40. The molecule has 118 valence electrons. The van der Waals surface area contributed by atoms with Gasteiger partial charge in [0.05, 0.1) is 25.1 Å². The molecule has 0 aliphatic heterocycles. The number of ether oxygens (including phenoxy) is 1. The van der Waals surface area contributed by atoms with Crippen molar-refractivity contribution in [3.05, 3.63) is 24.5 Å². The first-order chi connectivity index (χ1) is 9.92. The number of hydrogen-bond donors (Lipinski definition) is 2. The third-order valence-electron chi connectivity index (χ3n) is 2.34. The van der Waals surface area contributed by atoms with Crippen molar-refractivity contribution in [3.63, 3.8) is 0 Å². The van der Waals surface area contributed by atoms with Gasteiger partial charge >= 0.3 is 12.2 Å². The number of nitrogens with one attached hydrogen (secondary N) is 1. The van der Waals surface area contributed by atoms with Crippen LogP contribution in [0.5, 0.6) is 0 Å². The van der Waals surface area contributed by atoms with E-state index in [1.54, 1.807) is 12.1 Å². The largest absolute Gasteiger partial charge is 0.411 e. The number of alkyl halides is 3. The Kier molecular flexibility index (Phi) is 6.89. The van der Waals surface area contributed by atoms with E-state index in [0.29, 0.717) is 5.69 Å². The van der Waals surface area contributed by atoms with Crippen LogP contribution in [-0.2, 0) is 4.74 Å². The minimum Gasteiger partial charge on any atom is -0.395 e. The van der Waals surface area contributed by atoms with E-state index in [-0.39, 0.29) is 26.3 Å². The molecule has 2 N–H and O–H groups in total. The van der Waals surface area contributed by atoms with Gasteiger partial charge in [0.1, 0.15) is 6.61 Å². The summed E-state index contributed by atoms with van der Waals surface area (Å²) in [5, 5.41) is 11.4. The van der Waals surface area contributed by atoms with Gasteiger partial charge < -0.3 is 20.1 Å². The van der Waals surface area contributed by atoms with Crippen LogP contribution in [0.4, 0.5) is 23.7 Å². The summed E-state index contributed by atoms with van der Waals surface area (Å²) in [6.07, 6.45) is -1.44. The fourth-order valence-corrected chi connectivity index (χ4v) is 1.44. The molecular formula is C12H16F3N3O3. The van der Waals surface area contributed by atoms with Crippen LogP contribution in [0.15, 0.2) is 24.5 Å². The lowest BCUT2D eigenvalue weighted by atomic mass is 10.4. The molecule has 0 saturated carbocycles. The van der Waals surface area contributed by atoms with E-state index in [1.807, 2.05) is 0 Å². The highest BCUT2D eigenvalue weighted by atomic mass is 19.4. The van der Waals surface area contributed by atoms with Gasteiger partial charge in [0.25, 0.3) is 0 Å². The smallest absolute Gasteiger partial charge is 0.395 e. The average Bonchev–Trinajstić information content (AvgIpc) is 2.42. The van der Waals surface area contributed by atoms with Gasteiger partial charge in [-0.1, -0.05) is 0 Å². The van der Waals surface area contributed by atoms with Gasteiger partial charge in [-0.25, -0.2) is 4.79 Å². The van der Waals surface area contributed by atoms with E-state index in [0.717, 1.165) is 4.90 Å². The summed E-state index contributed by atoms with van der Waals surface area (Å²) in [6, 6.07) is 2.69. The molecule has 1 aromatic rings. The van der Waals surface area contributed by atoms with E-state index >= 15 is 0 Å². The minimum absolute atomic E-state index is 0.0124. The van der Waals surface area contributed by atoms with Crippen molar-refractivity contribution in [1.82, 2.24) is 9.88 Å². The third kappa shape index (κ3) is 7.47. The molecule has 6 nitrogen and oxygen atoms in total. The number of aliphatic hydroxyl groups excluding tert-OH is 1. The lowest BCUT2D eigenvalue weighted by Crippen LogP contribution is -2.39. The van der Waals surface area contributed by atoms with Crippen LogP contribution in [0.1, 0.15) is 0 Å². The predicted octanol–water partition coefficient (Wildman–Crippen LogP) is 1.49. The zero-order valence-corrected chi connectivity index (χ0v) is 11.1. The molecule has 0 radical (unpaired) electrons. The Bertz CT molecular complexity index is 429. The molecule has 0 spiro atoms. The summed E-state index contributed by atoms with van der Waals surface area (Å²) in [4.78, 5) is 16.9. The zero-order chi connectivity index (χ0) is 15.7. The van der Waals surface area contributed by atoms with Gasteiger partial charge in [-0.3, -0.25) is 4.98 Å². The molecule has 0 atom stereocenters. The number of aliphatic hydroxyl groups is 1. The number of urea groups is 1. The van der Waals surface area contributed by atoms with E-state index in [4.69, 9.17) is 5.11 Å². The molecule has 0 bridgehead atoms. The van der Waals surface area contributed by atoms with E-state index in [9.17, 15) is 18.0 Å². The number of carbonyl (C=O) groups excluding carboxylic acids is 1. The van der Waals surface area contributed by atoms with Crippen molar-refractivity contribution in [1.29, 1.82) is 0 Å². The first kappa shape index (κ1) is 17.2. The number of pyridine rings is 1. The SMILES string of the molecule is O=C(Nc1cccnc1)N(CCO)CCOCC(F)(F)F. The number of rotatable bonds is 7.